The molecule has 1 aromatic rings. The van der Waals surface area contributed by atoms with Gasteiger partial charge in [-0.1, -0.05) is 29.7 Å². The van der Waals surface area contributed by atoms with E-state index in [1.54, 1.807) is 13.8 Å². The van der Waals surface area contributed by atoms with E-state index in [0.29, 0.717) is 12.2 Å². The van der Waals surface area contributed by atoms with Crippen LogP contribution in [-0.4, -0.2) is 13.0 Å². The van der Waals surface area contributed by atoms with Crippen molar-refractivity contribution < 1.29 is 22.9 Å². The predicted octanol–water partition coefficient (Wildman–Crippen LogP) is 6.19. The van der Waals surface area contributed by atoms with E-state index in [0.717, 1.165) is 18.5 Å². The summed E-state index contributed by atoms with van der Waals surface area (Å²) in [5, 5.41) is 0. The lowest BCUT2D eigenvalue weighted by Gasteiger charge is -2.08. The molecule has 0 aliphatic rings. The molecule has 126 valence electrons. The van der Waals surface area contributed by atoms with Gasteiger partial charge >= 0.3 is 6.18 Å². The average molecular weight is 311 g/mol. The fourth-order valence-corrected chi connectivity index (χ4v) is 1.18. The molecule has 3 nitrogen and oxygen atoms in total. The summed E-state index contributed by atoms with van der Waals surface area (Å²) in [6, 6.07) is 3.52. The number of benzene rings is 1. The number of nitrogens with zero attached hydrogens (tertiary/aromatic N) is 1. The number of hydrogen-bond donors (Lipinski definition) is 0. The van der Waals surface area contributed by atoms with E-state index >= 15 is 0 Å². The van der Waals surface area contributed by atoms with Gasteiger partial charge in [0.25, 0.3) is 0 Å². The van der Waals surface area contributed by atoms with Crippen LogP contribution in [0, 0.1) is 6.92 Å². The second-order valence-corrected chi connectivity index (χ2v) is 3.29. The van der Waals surface area contributed by atoms with Crippen molar-refractivity contribution in [3.8, 4) is 0 Å². The molecule has 0 radical (unpaired) electrons. The molecule has 0 N–H and O–H groups in total. The fraction of sp³-hybridized carbons (Fsp3) is 0.533. The second kappa shape index (κ2) is 12.2. The van der Waals surface area contributed by atoms with Crippen LogP contribution in [0.1, 0.15) is 47.8 Å². The van der Waals surface area contributed by atoms with E-state index in [4.69, 9.17) is 0 Å². The van der Waals surface area contributed by atoms with E-state index in [2.05, 4.69) is 14.8 Å². The SMILES string of the molecule is C.C.C.C.CCOOC=Nc1cc(C)cc(C(F)(F)F)c1. The van der Waals surface area contributed by atoms with Crippen LogP contribution in [0.4, 0.5) is 18.9 Å². The molecule has 0 amide bonds. The van der Waals surface area contributed by atoms with Crippen molar-refractivity contribution in [1.29, 1.82) is 0 Å². The Balaban J connectivity index is -0.000000361. The summed E-state index contributed by atoms with van der Waals surface area (Å²) >= 11 is 0. The van der Waals surface area contributed by atoms with Crippen LogP contribution in [-0.2, 0) is 16.0 Å². The molecule has 0 atom stereocenters. The largest absolute Gasteiger partial charge is 0.416 e. The summed E-state index contributed by atoms with van der Waals surface area (Å²) in [4.78, 5) is 12.7. The summed E-state index contributed by atoms with van der Waals surface area (Å²) in [6.07, 6.45) is -3.42. The van der Waals surface area contributed by atoms with Gasteiger partial charge in [-0.25, -0.2) is 4.99 Å². The molecule has 0 heterocycles. The van der Waals surface area contributed by atoms with Crippen molar-refractivity contribution in [1.82, 2.24) is 0 Å². The molecule has 0 saturated heterocycles. The van der Waals surface area contributed by atoms with E-state index < -0.39 is 11.7 Å². The maximum absolute atomic E-state index is 12.5. The molecule has 6 heteroatoms. The van der Waals surface area contributed by atoms with Crippen molar-refractivity contribution in [3.63, 3.8) is 0 Å². The Morgan fingerprint density at radius 2 is 1.67 bits per heavy atom. The molecule has 0 aromatic heterocycles. The Bertz CT molecular complexity index is 404. The summed E-state index contributed by atoms with van der Waals surface area (Å²) in [6.45, 7) is 3.60. The van der Waals surface area contributed by atoms with Gasteiger partial charge in [-0.05, 0) is 37.6 Å². The molecular formula is C15H28F3NO2. The minimum Gasteiger partial charge on any atom is -0.325 e. The zero-order valence-corrected chi connectivity index (χ0v) is 9.41. The minimum absolute atomic E-state index is 0. The molecule has 0 fully saturated rings. The van der Waals surface area contributed by atoms with Crippen LogP contribution in [0.3, 0.4) is 0 Å². The van der Waals surface area contributed by atoms with E-state index in [-0.39, 0.29) is 35.4 Å². The molecule has 1 aromatic carbocycles. The monoisotopic (exact) mass is 311 g/mol. The van der Waals surface area contributed by atoms with Gasteiger partial charge in [-0.3, -0.25) is 0 Å². The van der Waals surface area contributed by atoms with Gasteiger partial charge in [0.05, 0.1) is 17.9 Å². The highest BCUT2D eigenvalue weighted by Crippen LogP contribution is 2.32. The van der Waals surface area contributed by atoms with Crippen molar-refractivity contribution in [2.24, 2.45) is 4.99 Å². The van der Waals surface area contributed by atoms with Crippen LogP contribution in [0.2, 0.25) is 0 Å². The van der Waals surface area contributed by atoms with Gasteiger partial charge in [0.2, 0.25) is 6.40 Å². The van der Waals surface area contributed by atoms with Crippen molar-refractivity contribution in [2.75, 3.05) is 6.61 Å². The normalized spacial score (nSPS) is 9.76. The van der Waals surface area contributed by atoms with Crippen LogP contribution < -0.4 is 0 Å². The third-order valence-electron chi connectivity index (χ3n) is 1.82. The fourth-order valence-electron chi connectivity index (χ4n) is 1.18. The molecule has 1 rings (SSSR count). The van der Waals surface area contributed by atoms with Gasteiger partial charge in [0, 0.05) is 0 Å². The second-order valence-electron chi connectivity index (χ2n) is 3.29. The third-order valence-corrected chi connectivity index (χ3v) is 1.82. The van der Waals surface area contributed by atoms with Crippen molar-refractivity contribution >= 4 is 12.1 Å². The highest BCUT2D eigenvalue weighted by atomic mass is 19.4. The van der Waals surface area contributed by atoms with Crippen LogP contribution in [0.5, 0.6) is 0 Å². The molecule has 0 unspecified atom stereocenters. The third kappa shape index (κ3) is 9.90. The predicted molar refractivity (Wildman–Crippen MR) is 84.0 cm³/mol. The van der Waals surface area contributed by atoms with Crippen LogP contribution in [0.25, 0.3) is 0 Å². The Morgan fingerprint density at radius 3 is 2.14 bits per heavy atom. The molecule has 0 saturated carbocycles. The lowest BCUT2D eigenvalue weighted by molar-refractivity contribution is -0.211. The number of alkyl halides is 3. The lowest BCUT2D eigenvalue weighted by Crippen LogP contribution is -2.04. The minimum atomic E-state index is -4.38. The smallest absolute Gasteiger partial charge is 0.325 e. The number of rotatable bonds is 4. The van der Waals surface area contributed by atoms with Crippen LogP contribution >= 0.6 is 0 Å². The van der Waals surface area contributed by atoms with Gasteiger partial charge < -0.3 is 4.89 Å². The Kier molecular flexibility index (Phi) is 16.1. The Hall–Kier alpha value is -1.56. The molecule has 0 aliphatic heterocycles. The first-order chi connectivity index (χ1) is 7.93. The summed E-state index contributed by atoms with van der Waals surface area (Å²) in [7, 11) is 0. The summed E-state index contributed by atoms with van der Waals surface area (Å²) in [5.74, 6) is 0. The first kappa shape index (κ1) is 27.7. The quantitative estimate of drug-likeness (QED) is 0.218. The maximum atomic E-state index is 12.5. The zero-order valence-electron chi connectivity index (χ0n) is 9.41. The maximum Gasteiger partial charge on any atom is 0.416 e. The molecule has 0 aliphatic carbocycles. The number of aliphatic imine (C=N–C) groups is 1. The van der Waals surface area contributed by atoms with Gasteiger partial charge in [0.15, 0.2) is 0 Å². The first-order valence-corrected chi connectivity index (χ1v) is 4.93. The summed E-state index contributed by atoms with van der Waals surface area (Å²) in [5.41, 5.74) is -0.0959. The molecule has 21 heavy (non-hydrogen) atoms. The summed E-state index contributed by atoms with van der Waals surface area (Å²) < 4.78 is 37.4. The van der Waals surface area contributed by atoms with E-state index in [1.807, 2.05) is 0 Å². The lowest BCUT2D eigenvalue weighted by atomic mass is 10.1. The van der Waals surface area contributed by atoms with E-state index in [9.17, 15) is 13.2 Å². The number of halogens is 3. The van der Waals surface area contributed by atoms with Crippen molar-refractivity contribution in [2.45, 2.75) is 49.7 Å². The van der Waals surface area contributed by atoms with Gasteiger partial charge in [0.1, 0.15) is 0 Å². The highest BCUT2D eigenvalue weighted by molar-refractivity contribution is 5.56. The standard InChI is InChI=1S/C11H12F3NO2.4CH4/c1-3-16-17-7-15-10-5-8(2)4-9(6-10)11(12,13)14;;;;/h4-7H,3H2,1-2H3;4*1H4. The number of hydrogen-bond acceptors (Lipinski definition) is 3. The first-order valence-electron chi connectivity index (χ1n) is 4.93. The van der Waals surface area contributed by atoms with Gasteiger partial charge in [-0.15, -0.1) is 0 Å². The van der Waals surface area contributed by atoms with E-state index in [1.165, 1.54) is 6.07 Å². The van der Waals surface area contributed by atoms with Gasteiger partial charge in [-0.2, -0.15) is 18.1 Å². The molecule has 0 bridgehead atoms. The Morgan fingerprint density at radius 1 is 1.10 bits per heavy atom. The zero-order chi connectivity index (χ0) is 12.9. The number of aryl methyl sites for hydroxylation is 1. The Labute approximate surface area is 126 Å². The topological polar surface area (TPSA) is 30.8 Å². The van der Waals surface area contributed by atoms with Crippen LogP contribution in [0.15, 0.2) is 23.2 Å². The highest BCUT2D eigenvalue weighted by Gasteiger charge is 2.30. The average Bonchev–Trinajstić information content (AvgIpc) is 2.22. The molecular weight excluding hydrogens is 283 g/mol. The van der Waals surface area contributed by atoms with Crippen molar-refractivity contribution in [3.05, 3.63) is 29.3 Å². The molecule has 0 spiro atoms.